The standard InChI is InChI=1S/C15H34N3O.C15H32NO2P.C15H29NO.C14H29NO2S.C14H27NO.C13H25NO3.C10H24N2O2S.C10H20O/c1-13(2)10-11-17(3)15(19)14(16)9-7-8-12-18(4,5)6;1-14(2)10-12-16(11-7-13-19(3,17)18)15-8-5-4-6-9-15;1-13(2)9-11-16(12-10-14(3)17)15-7-5-4-6-8-15;1-13(2)9-10-15(11-12-18(3,16)17)14-7-5-4-6-8-14;1-12(2)5-4-6-14-7-9-15(10-8-14)11-13(3)16;1-4-8-14-11(9-13(16)17)12(15)7-5-6-10(2)3;1-10(2)4-6-12(7-5-11)8-9-15(3,13)14;1-9(2)7-5-4-6-8-10(3)11/h13-14H,7-12,16H2,1-6H3;14-15H,4-13H2,1-3H3,(H,17,18);13,15H,4-12H2,1-3H3;13-14H,3-12H2,1-2H3,(H,16,17);12,14H,4-11H2,1-3H3;10-11,14H,4-9H2,1-3H3,(H,16,17);10H,3-9,11H2,1-2H3,(H,13,14);9H,4-8H2,1-3H3/q+1;;;;;;;. The first-order chi connectivity index (χ1) is 61.5. The Morgan fingerprint density at radius 2 is 0.886 bits per heavy atom. The van der Waals surface area contributed by atoms with Crippen LogP contribution in [0, 0.1) is 53.3 Å². The van der Waals surface area contributed by atoms with Gasteiger partial charge in [-0.1, -0.05) is 220 Å². The van der Waals surface area contributed by atoms with Gasteiger partial charge in [-0.15, -0.1) is 0 Å². The summed E-state index contributed by atoms with van der Waals surface area (Å²) in [5.74, 6) is 13.9. The fourth-order valence-corrected chi connectivity index (χ4v) is 18.4. The molecule has 5 atom stereocenters. The molecule has 1 heterocycles. The summed E-state index contributed by atoms with van der Waals surface area (Å²) < 4.78 is 53.1. The summed E-state index contributed by atoms with van der Waals surface area (Å²) in [6.45, 7) is 58.6. The number of likely N-dealkylation sites (tertiary alicyclic amines) is 1. The van der Waals surface area contributed by atoms with Crippen LogP contribution in [0.1, 0.15) is 395 Å². The van der Waals surface area contributed by atoms with Gasteiger partial charge in [-0.05, 0) is 267 Å². The molecule has 4 fully saturated rings. The van der Waals surface area contributed by atoms with Crippen molar-refractivity contribution < 1.29 is 65.3 Å². The average Bonchev–Trinajstić information content (AvgIpc) is 0.902. The Hall–Kier alpha value is -2.59. The van der Waals surface area contributed by atoms with Crippen LogP contribution in [-0.2, 0) is 52.9 Å². The van der Waals surface area contributed by atoms with Gasteiger partial charge in [0.15, 0.2) is 7.37 Å². The number of carboxylic acid groups (broad SMARTS) is 1. The Balaban J connectivity index is -0.000000712. The number of Topliss-reactive ketones (excluding diaryl/α,β-unsaturated/α-hetero) is 4. The van der Waals surface area contributed by atoms with E-state index in [2.05, 4.69) is 173 Å². The summed E-state index contributed by atoms with van der Waals surface area (Å²) >= 11 is 0. The second-order valence-corrected chi connectivity index (χ2v) is 50.7. The number of carbonyl (C=O) groups is 6. The first-order valence-corrected chi connectivity index (χ1v) is 59.1. The molecule has 0 spiro atoms. The van der Waals surface area contributed by atoms with Crippen LogP contribution in [0.15, 0.2) is 0 Å². The summed E-state index contributed by atoms with van der Waals surface area (Å²) in [6, 6.07) is 1.26. The van der Waals surface area contributed by atoms with Crippen molar-refractivity contribution in [3.05, 3.63) is 0 Å². The quantitative estimate of drug-likeness (QED) is 0.0129. The van der Waals surface area contributed by atoms with Crippen molar-refractivity contribution in [1.29, 1.82) is 0 Å². The van der Waals surface area contributed by atoms with Gasteiger partial charge in [0, 0.05) is 96.5 Å². The van der Waals surface area contributed by atoms with Crippen LogP contribution in [-0.4, -0.2) is 296 Å². The predicted molar refractivity (Wildman–Crippen MR) is 572 cm³/mol. The van der Waals surface area contributed by atoms with E-state index in [0.717, 1.165) is 195 Å². The van der Waals surface area contributed by atoms with E-state index < -0.39 is 39.0 Å². The van der Waals surface area contributed by atoms with Crippen LogP contribution in [0.5, 0.6) is 0 Å². The molecule has 26 heteroatoms. The number of hydrogen-bond donors (Lipinski definition) is 7. The van der Waals surface area contributed by atoms with Crippen molar-refractivity contribution in [3.63, 3.8) is 0 Å². The highest BCUT2D eigenvalue weighted by atomic mass is 32.2. The maximum atomic E-state index is 12.0. The predicted octanol–water partition coefficient (Wildman–Crippen LogP) is 21.2. The third kappa shape index (κ3) is 93.7. The minimum atomic E-state index is -2.86. The zero-order chi connectivity index (χ0) is 101. The lowest BCUT2D eigenvalue weighted by Gasteiger charge is -2.35. The molecule has 3 aliphatic carbocycles. The summed E-state index contributed by atoms with van der Waals surface area (Å²) in [4.78, 5) is 90.5. The number of nitrogens with two attached hydrogens (primary N) is 2. The normalized spacial score (nSPS) is 16.9. The van der Waals surface area contributed by atoms with Crippen LogP contribution in [0.2, 0.25) is 0 Å². The number of quaternary nitrogens is 1. The molecule has 0 bridgehead atoms. The smallest absolute Gasteiger partial charge is 0.305 e. The fraction of sp³-hybridized carbons (Fsp3) is 0.925. The van der Waals surface area contributed by atoms with Gasteiger partial charge in [0.25, 0.3) is 0 Å². The highest BCUT2D eigenvalue weighted by Crippen LogP contribution is 2.36. The van der Waals surface area contributed by atoms with Crippen LogP contribution in [0.4, 0.5) is 0 Å². The topological polar surface area (TPSA) is 318 Å². The van der Waals surface area contributed by atoms with Crippen LogP contribution >= 0.6 is 7.37 Å². The minimum absolute atomic E-state index is 0.0292. The lowest BCUT2D eigenvalue weighted by Crippen LogP contribution is -2.42. The summed E-state index contributed by atoms with van der Waals surface area (Å²) in [7, 11) is -0.110. The number of nitrogens with zero attached hydrogens (tertiary/aromatic N) is 7. The van der Waals surface area contributed by atoms with Crippen molar-refractivity contribution in [2.24, 2.45) is 64.7 Å². The van der Waals surface area contributed by atoms with Crippen molar-refractivity contribution in [3.8, 4) is 0 Å². The Morgan fingerprint density at radius 3 is 1.28 bits per heavy atom. The number of carbonyl (C=O) groups excluding carboxylic acids is 5. The largest absolute Gasteiger partial charge is 0.481 e. The van der Waals surface area contributed by atoms with Gasteiger partial charge in [0.1, 0.15) is 23.1 Å². The van der Waals surface area contributed by atoms with Gasteiger partial charge in [0.2, 0.25) is 5.91 Å². The number of hydrogen-bond acceptors (Lipinski definition) is 17. The lowest BCUT2D eigenvalue weighted by molar-refractivity contribution is -0.870. The molecule has 0 radical (unpaired) electrons. The molecule has 23 nitrogen and oxygen atoms in total. The van der Waals surface area contributed by atoms with E-state index in [1.54, 1.807) is 25.7 Å². The summed E-state index contributed by atoms with van der Waals surface area (Å²) in [5, 5.41) is 11.8. The van der Waals surface area contributed by atoms with Crippen molar-refractivity contribution >= 4 is 73.7 Å². The lowest BCUT2D eigenvalue weighted by atomic mass is 9.90. The zero-order valence-electron chi connectivity index (χ0n) is 90.7. The Labute approximate surface area is 816 Å². The number of amides is 1. The minimum Gasteiger partial charge on any atom is -0.481 e. The SMILES string of the molecule is C=S(=O)(O)CCN(CCC(C)C)C1CCCCC1.C=S(=O)(O)CCN(CCN)CCC(C)C.CC(=O)CCCCCC(C)C.CC(=O)CCN(CCC(C)C)C1CCCCC1.CC(=O)CN1CCC(CCCC(C)C)CC1.CC(C)CCN(C)C(=O)C(N)CCCC[N+](C)(C)C.CC(C)CCN(CCCP(C)(=O)O)C1CCCCC1.CCCNC(CC(=O)O)C(=O)CCCC(C)C. The molecule has 132 heavy (non-hydrogen) atoms. The molecule has 1 aliphatic heterocycles. The van der Waals surface area contributed by atoms with E-state index in [4.69, 9.17) is 21.1 Å². The maximum Gasteiger partial charge on any atom is 0.305 e. The number of piperidine rings is 1. The molecule has 3 saturated carbocycles. The van der Waals surface area contributed by atoms with Gasteiger partial charge in [0.05, 0.1) is 83.8 Å². The van der Waals surface area contributed by atoms with Crippen LogP contribution < -0.4 is 16.8 Å². The van der Waals surface area contributed by atoms with Crippen molar-refractivity contribution in [2.75, 3.05) is 157 Å². The summed E-state index contributed by atoms with van der Waals surface area (Å²) in [5.41, 5.74) is 11.5. The molecular weight excluding hydrogens is 1720 g/mol. The molecule has 0 aromatic heterocycles. The monoisotopic (exact) mass is 1940 g/mol. The Morgan fingerprint density at radius 1 is 0.485 bits per heavy atom. The van der Waals surface area contributed by atoms with Gasteiger partial charge in [-0.2, -0.15) is 0 Å². The maximum absolute atomic E-state index is 12.0. The molecule has 4 rings (SSSR count). The Bertz CT molecular complexity index is 3090. The van der Waals surface area contributed by atoms with Crippen LogP contribution in [0.25, 0.3) is 0 Å². The molecule has 9 N–H and O–H groups in total. The molecule has 0 aromatic carbocycles. The van der Waals surface area contributed by atoms with Crippen LogP contribution in [0.3, 0.4) is 0 Å². The molecule has 1 amide bonds. The van der Waals surface area contributed by atoms with Crippen molar-refractivity contribution in [2.45, 2.75) is 426 Å². The van der Waals surface area contributed by atoms with E-state index >= 15 is 0 Å². The zero-order valence-corrected chi connectivity index (χ0v) is 93.3. The van der Waals surface area contributed by atoms with E-state index in [1.807, 2.05) is 14.0 Å². The first-order valence-electron chi connectivity index (χ1n) is 53.1. The third-order valence-corrected chi connectivity index (χ3v) is 28.0. The second-order valence-electron chi connectivity index (χ2n) is 44.2. The van der Waals surface area contributed by atoms with E-state index in [9.17, 15) is 51.2 Å². The first kappa shape index (κ1) is 136. The van der Waals surface area contributed by atoms with Gasteiger partial charge in [-0.3, -0.25) is 43.2 Å². The Kier molecular flexibility index (Phi) is 84.3. The molecule has 4 aliphatic rings. The van der Waals surface area contributed by atoms with Gasteiger partial charge in [-0.25, -0.2) is 8.42 Å². The number of ketones is 4. The number of unbranched alkanes of at least 4 members (excludes halogenated alkanes) is 3. The van der Waals surface area contributed by atoms with Gasteiger partial charge >= 0.3 is 5.97 Å². The summed E-state index contributed by atoms with van der Waals surface area (Å²) in [6.07, 6.45) is 46.4. The van der Waals surface area contributed by atoms with E-state index in [-0.39, 0.29) is 29.9 Å². The van der Waals surface area contributed by atoms with E-state index in [0.29, 0.717) is 91.6 Å². The van der Waals surface area contributed by atoms with Gasteiger partial charge < -0.3 is 59.9 Å². The average molecular weight is 1940 g/mol. The number of likely N-dealkylation sites (N-methyl/N-ethyl adjacent to an activating group) is 1. The molecule has 1 saturated heterocycles. The molecular formula is C106H220N10O13PS2+. The van der Waals surface area contributed by atoms with E-state index in [1.165, 1.54) is 180 Å². The third-order valence-electron chi connectivity index (χ3n) is 25.2. The fourth-order valence-electron chi connectivity index (χ4n) is 16.6. The molecule has 5 unspecified atom stereocenters. The number of nitrogens with one attached hydrogen (secondary N) is 1. The number of aliphatic carboxylic acids is 1. The van der Waals surface area contributed by atoms with Crippen molar-refractivity contribution in [1.82, 2.24) is 34.7 Å². The second kappa shape index (κ2) is 82.0. The number of carboxylic acids is 1. The highest BCUT2D eigenvalue weighted by Gasteiger charge is 2.27. The molecule has 0 aromatic rings. The highest BCUT2D eigenvalue weighted by molar-refractivity contribution is 7.95. The number of rotatable bonds is 61. The molecule has 788 valence electrons.